The van der Waals surface area contributed by atoms with E-state index in [1.54, 1.807) is 0 Å². The summed E-state index contributed by atoms with van der Waals surface area (Å²) in [6, 6.07) is 16.7. The van der Waals surface area contributed by atoms with Gasteiger partial charge in [0.25, 0.3) is 0 Å². The van der Waals surface area contributed by atoms with E-state index >= 15 is 0 Å². The zero-order valence-corrected chi connectivity index (χ0v) is 14.9. The minimum absolute atomic E-state index is 0.805. The Balaban J connectivity index is 1.88. The number of ether oxygens (including phenoxy) is 1. The molecule has 2 aromatic carbocycles. The van der Waals surface area contributed by atoms with Gasteiger partial charge in [-0.15, -0.1) is 0 Å². The first-order valence-corrected chi connectivity index (χ1v) is 9.08. The minimum atomic E-state index is 0.805. The zero-order chi connectivity index (χ0) is 15.6. The SMILES string of the molecule is CCCCCCCCOc1ccccc1-c1ccc(Br)cc1. The lowest BCUT2D eigenvalue weighted by molar-refractivity contribution is 0.305. The lowest BCUT2D eigenvalue weighted by Crippen LogP contribution is -1.98. The van der Waals surface area contributed by atoms with Crippen molar-refractivity contribution in [3.05, 3.63) is 53.0 Å². The number of hydrogen-bond acceptors (Lipinski definition) is 1. The molecule has 0 amide bonds. The van der Waals surface area contributed by atoms with Gasteiger partial charge in [-0.2, -0.15) is 0 Å². The fraction of sp³-hybridized carbons (Fsp3) is 0.400. The Bertz CT molecular complexity index is 548. The van der Waals surface area contributed by atoms with Crippen LogP contribution in [0.2, 0.25) is 0 Å². The first-order valence-electron chi connectivity index (χ1n) is 8.29. The maximum Gasteiger partial charge on any atom is 0.127 e. The van der Waals surface area contributed by atoms with Gasteiger partial charge in [0.2, 0.25) is 0 Å². The standard InChI is InChI=1S/C20H25BrO/c1-2-3-4-5-6-9-16-22-20-11-8-7-10-19(20)17-12-14-18(21)15-13-17/h7-8,10-15H,2-6,9,16H2,1H3. The highest BCUT2D eigenvalue weighted by molar-refractivity contribution is 9.10. The fourth-order valence-corrected chi connectivity index (χ4v) is 2.79. The molecule has 0 atom stereocenters. The Morgan fingerprint density at radius 2 is 1.50 bits per heavy atom. The Hall–Kier alpha value is -1.28. The molecule has 0 aromatic heterocycles. The van der Waals surface area contributed by atoms with Crippen molar-refractivity contribution < 1.29 is 4.74 Å². The van der Waals surface area contributed by atoms with Crippen molar-refractivity contribution in [2.75, 3.05) is 6.61 Å². The minimum Gasteiger partial charge on any atom is -0.493 e. The van der Waals surface area contributed by atoms with Crippen molar-refractivity contribution >= 4 is 15.9 Å². The van der Waals surface area contributed by atoms with Crippen LogP contribution in [0.5, 0.6) is 5.75 Å². The van der Waals surface area contributed by atoms with Crippen molar-refractivity contribution in [2.24, 2.45) is 0 Å². The molecule has 22 heavy (non-hydrogen) atoms. The van der Waals surface area contributed by atoms with Gasteiger partial charge in [-0.3, -0.25) is 0 Å². The molecule has 0 aliphatic heterocycles. The molecule has 0 aliphatic rings. The molecule has 0 radical (unpaired) electrons. The second-order valence-electron chi connectivity index (χ2n) is 5.62. The van der Waals surface area contributed by atoms with E-state index in [1.807, 2.05) is 6.07 Å². The molecule has 0 unspecified atom stereocenters. The van der Waals surface area contributed by atoms with Crippen molar-refractivity contribution in [2.45, 2.75) is 45.4 Å². The van der Waals surface area contributed by atoms with E-state index in [0.717, 1.165) is 23.2 Å². The number of unbranched alkanes of at least 4 members (excludes halogenated alkanes) is 5. The number of benzene rings is 2. The lowest BCUT2D eigenvalue weighted by atomic mass is 10.0. The third-order valence-corrected chi connectivity index (χ3v) is 4.33. The first-order chi connectivity index (χ1) is 10.8. The lowest BCUT2D eigenvalue weighted by Gasteiger charge is -2.11. The molecule has 0 saturated heterocycles. The van der Waals surface area contributed by atoms with Crippen molar-refractivity contribution in [3.63, 3.8) is 0 Å². The molecule has 0 saturated carbocycles. The van der Waals surface area contributed by atoms with Crippen LogP contribution in [0.25, 0.3) is 11.1 Å². The molecule has 0 heterocycles. The molecular weight excluding hydrogens is 336 g/mol. The van der Waals surface area contributed by atoms with Crippen LogP contribution >= 0.6 is 15.9 Å². The summed E-state index contributed by atoms with van der Waals surface area (Å²) < 4.78 is 7.12. The molecule has 2 aromatic rings. The quantitative estimate of drug-likeness (QED) is 0.444. The third kappa shape index (κ3) is 5.49. The van der Waals surface area contributed by atoms with E-state index < -0.39 is 0 Å². The van der Waals surface area contributed by atoms with Crippen LogP contribution in [0.15, 0.2) is 53.0 Å². The van der Waals surface area contributed by atoms with Crippen LogP contribution in [0.4, 0.5) is 0 Å². The van der Waals surface area contributed by atoms with Gasteiger partial charge in [0.1, 0.15) is 5.75 Å². The van der Waals surface area contributed by atoms with Crippen LogP contribution in [-0.2, 0) is 0 Å². The molecule has 1 nitrogen and oxygen atoms in total. The summed E-state index contributed by atoms with van der Waals surface area (Å²) in [7, 11) is 0. The van der Waals surface area contributed by atoms with E-state index in [-0.39, 0.29) is 0 Å². The van der Waals surface area contributed by atoms with Crippen LogP contribution in [-0.4, -0.2) is 6.61 Å². The second-order valence-corrected chi connectivity index (χ2v) is 6.53. The number of hydrogen-bond donors (Lipinski definition) is 0. The number of para-hydroxylation sites is 1. The zero-order valence-electron chi connectivity index (χ0n) is 13.4. The van der Waals surface area contributed by atoms with Crippen LogP contribution in [0, 0.1) is 0 Å². The summed E-state index contributed by atoms with van der Waals surface area (Å²) in [5, 5.41) is 0. The predicted molar refractivity (Wildman–Crippen MR) is 98.4 cm³/mol. The Morgan fingerprint density at radius 1 is 0.818 bits per heavy atom. The maximum absolute atomic E-state index is 6.02. The van der Waals surface area contributed by atoms with Crippen molar-refractivity contribution in [3.8, 4) is 16.9 Å². The van der Waals surface area contributed by atoms with E-state index in [1.165, 1.54) is 43.2 Å². The van der Waals surface area contributed by atoms with Crippen LogP contribution < -0.4 is 4.74 Å². The molecular formula is C20H25BrO. The van der Waals surface area contributed by atoms with Gasteiger partial charge in [0, 0.05) is 10.0 Å². The highest BCUT2D eigenvalue weighted by Crippen LogP contribution is 2.30. The second kappa shape index (κ2) is 9.68. The number of halogens is 1. The molecule has 0 bridgehead atoms. The Morgan fingerprint density at radius 3 is 2.27 bits per heavy atom. The Kier molecular flexibility index (Phi) is 7.51. The van der Waals surface area contributed by atoms with E-state index in [9.17, 15) is 0 Å². The Labute approximate surface area is 142 Å². The highest BCUT2D eigenvalue weighted by Gasteiger charge is 2.05. The van der Waals surface area contributed by atoms with Crippen LogP contribution in [0.1, 0.15) is 45.4 Å². The normalized spacial score (nSPS) is 10.6. The molecule has 0 N–H and O–H groups in total. The van der Waals surface area contributed by atoms with E-state index in [0.29, 0.717) is 0 Å². The van der Waals surface area contributed by atoms with Gasteiger partial charge in [0.15, 0.2) is 0 Å². The molecule has 0 aliphatic carbocycles. The third-order valence-electron chi connectivity index (χ3n) is 3.80. The average Bonchev–Trinajstić information content (AvgIpc) is 2.55. The van der Waals surface area contributed by atoms with E-state index in [2.05, 4.69) is 65.3 Å². The highest BCUT2D eigenvalue weighted by atomic mass is 79.9. The maximum atomic E-state index is 6.02. The predicted octanol–water partition coefficient (Wildman–Crippen LogP) is 6.86. The molecule has 0 fully saturated rings. The topological polar surface area (TPSA) is 9.23 Å². The molecule has 0 spiro atoms. The van der Waals surface area contributed by atoms with Gasteiger partial charge < -0.3 is 4.74 Å². The monoisotopic (exact) mass is 360 g/mol. The number of rotatable bonds is 9. The van der Waals surface area contributed by atoms with Crippen molar-refractivity contribution in [1.29, 1.82) is 0 Å². The van der Waals surface area contributed by atoms with Gasteiger partial charge in [-0.1, -0.05) is 85.3 Å². The fourth-order valence-electron chi connectivity index (χ4n) is 2.52. The summed E-state index contributed by atoms with van der Waals surface area (Å²) in [6.07, 6.45) is 7.74. The van der Waals surface area contributed by atoms with Gasteiger partial charge >= 0.3 is 0 Å². The smallest absolute Gasteiger partial charge is 0.127 e. The largest absolute Gasteiger partial charge is 0.493 e. The van der Waals surface area contributed by atoms with Crippen LogP contribution in [0.3, 0.4) is 0 Å². The summed E-state index contributed by atoms with van der Waals surface area (Å²) >= 11 is 3.48. The summed E-state index contributed by atoms with van der Waals surface area (Å²) in [4.78, 5) is 0. The summed E-state index contributed by atoms with van der Waals surface area (Å²) in [5.41, 5.74) is 2.36. The summed E-state index contributed by atoms with van der Waals surface area (Å²) in [6.45, 7) is 3.06. The molecule has 118 valence electrons. The van der Waals surface area contributed by atoms with Gasteiger partial charge in [0.05, 0.1) is 6.61 Å². The molecule has 2 heteroatoms. The van der Waals surface area contributed by atoms with Gasteiger partial charge in [-0.25, -0.2) is 0 Å². The summed E-state index contributed by atoms with van der Waals surface area (Å²) in [5.74, 6) is 0.985. The van der Waals surface area contributed by atoms with Crippen molar-refractivity contribution in [1.82, 2.24) is 0 Å². The first kappa shape index (κ1) is 17.1. The average molecular weight is 361 g/mol. The van der Waals surface area contributed by atoms with E-state index in [4.69, 9.17) is 4.74 Å². The molecule has 2 rings (SSSR count). The van der Waals surface area contributed by atoms with Gasteiger partial charge in [-0.05, 0) is 30.2 Å².